The van der Waals surface area contributed by atoms with Gasteiger partial charge in [-0.05, 0) is 117 Å². The Bertz CT molecular complexity index is 932. The highest BCUT2D eigenvalue weighted by atomic mass is 16.5. The van der Waals surface area contributed by atoms with E-state index in [0.29, 0.717) is 41.1 Å². The minimum absolute atomic E-state index is 0.0228. The molecular formula is C32H54O5. The Hall–Kier alpha value is -0.200. The summed E-state index contributed by atoms with van der Waals surface area (Å²) in [4.78, 5) is 0. The first-order valence-corrected chi connectivity index (χ1v) is 15.5. The lowest BCUT2D eigenvalue weighted by molar-refractivity contribution is -0.211. The predicted molar refractivity (Wildman–Crippen MR) is 144 cm³/mol. The zero-order chi connectivity index (χ0) is 27.0. The molecule has 0 bridgehead atoms. The summed E-state index contributed by atoms with van der Waals surface area (Å²) in [6.45, 7) is 18.3. The minimum Gasteiger partial charge on any atom is -0.393 e. The van der Waals surface area contributed by atoms with Crippen LogP contribution in [0.2, 0.25) is 0 Å². The van der Waals surface area contributed by atoms with E-state index in [1.165, 1.54) is 19.3 Å². The van der Waals surface area contributed by atoms with Crippen LogP contribution in [-0.4, -0.2) is 58.0 Å². The van der Waals surface area contributed by atoms with Crippen molar-refractivity contribution in [3.63, 3.8) is 0 Å². The molecule has 5 unspecified atom stereocenters. The van der Waals surface area contributed by atoms with Gasteiger partial charge in [0.25, 0.3) is 0 Å². The average molecular weight is 519 g/mol. The maximum absolute atomic E-state index is 12.3. The monoisotopic (exact) mass is 518 g/mol. The van der Waals surface area contributed by atoms with Crippen LogP contribution in [0.4, 0.5) is 0 Å². The third-order valence-corrected chi connectivity index (χ3v) is 14.4. The lowest BCUT2D eigenvalue weighted by Gasteiger charge is -2.63. The maximum Gasteiger partial charge on any atom is 0.108 e. The number of hydrogen-bond acceptors (Lipinski definition) is 5. The number of aliphatic hydroxyl groups excluding tert-OH is 3. The molecule has 0 aromatic rings. The van der Waals surface area contributed by atoms with Gasteiger partial charge in [-0.1, -0.05) is 34.6 Å². The van der Waals surface area contributed by atoms with Crippen molar-refractivity contribution in [2.75, 3.05) is 6.61 Å². The van der Waals surface area contributed by atoms with Crippen LogP contribution in [0.3, 0.4) is 0 Å². The summed E-state index contributed by atoms with van der Waals surface area (Å²) in [7, 11) is 0. The van der Waals surface area contributed by atoms with E-state index in [9.17, 15) is 15.3 Å². The van der Waals surface area contributed by atoms with E-state index < -0.39 is 17.8 Å². The first kappa shape index (κ1) is 27.0. The molecule has 5 heteroatoms. The van der Waals surface area contributed by atoms with Crippen molar-refractivity contribution in [3.05, 3.63) is 0 Å². The molecule has 2 spiro atoms. The van der Waals surface area contributed by atoms with Crippen molar-refractivity contribution < 1.29 is 24.8 Å². The van der Waals surface area contributed by atoms with Crippen molar-refractivity contribution in [1.29, 1.82) is 0 Å². The van der Waals surface area contributed by atoms with Gasteiger partial charge in [-0.25, -0.2) is 0 Å². The van der Waals surface area contributed by atoms with Gasteiger partial charge < -0.3 is 24.8 Å². The zero-order valence-electron chi connectivity index (χ0n) is 24.7. The van der Waals surface area contributed by atoms with E-state index in [1.807, 2.05) is 20.8 Å². The Labute approximate surface area is 225 Å². The second-order valence-electron chi connectivity index (χ2n) is 16.1. The van der Waals surface area contributed by atoms with E-state index in [2.05, 4.69) is 34.6 Å². The molecule has 1 saturated heterocycles. The molecule has 212 valence electrons. The van der Waals surface area contributed by atoms with Crippen LogP contribution in [0.1, 0.15) is 107 Å². The molecule has 1 aliphatic heterocycles. The normalized spacial score (nSPS) is 56.8. The second-order valence-corrected chi connectivity index (χ2v) is 16.1. The molecule has 0 amide bonds. The third kappa shape index (κ3) is 3.05. The van der Waals surface area contributed by atoms with Gasteiger partial charge in [0.15, 0.2) is 0 Å². The summed E-state index contributed by atoms with van der Waals surface area (Å²) < 4.78 is 12.7. The summed E-state index contributed by atoms with van der Waals surface area (Å²) in [5.41, 5.74) is -0.211. The Balaban J connectivity index is 1.33. The number of rotatable bonds is 4. The number of fused-ring (bicyclic) bond motifs is 4. The van der Waals surface area contributed by atoms with Crippen LogP contribution >= 0.6 is 0 Å². The number of ether oxygens (including phenoxy) is 2. The van der Waals surface area contributed by atoms with Crippen molar-refractivity contribution >= 4 is 0 Å². The zero-order valence-corrected chi connectivity index (χ0v) is 24.7. The fourth-order valence-corrected chi connectivity index (χ4v) is 12.4. The van der Waals surface area contributed by atoms with Crippen molar-refractivity contribution in [2.24, 2.45) is 50.7 Å². The third-order valence-electron chi connectivity index (χ3n) is 14.4. The highest BCUT2D eigenvalue weighted by Crippen LogP contribution is 2.89. The van der Waals surface area contributed by atoms with Crippen molar-refractivity contribution in [1.82, 2.24) is 0 Å². The molecule has 6 fully saturated rings. The van der Waals surface area contributed by atoms with Crippen LogP contribution in [0.15, 0.2) is 0 Å². The molecule has 3 N–H and O–H groups in total. The molecule has 5 aliphatic carbocycles. The molecule has 6 rings (SSSR count). The molecule has 13 atom stereocenters. The molecule has 6 aliphatic rings. The Morgan fingerprint density at radius 3 is 2.30 bits per heavy atom. The molecule has 0 radical (unpaired) electrons. The SMILES string of the molecule is CCOC(C)(C)[C@H](O)C1C[C@@H](C)C2C(O1)[C@H](O)[C@@]1(C)[C@@H]3CC[C@H]4C(C)(C)C(O)CCC45C[C@@]35CC[C@]21C. The topological polar surface area (TPSA) is 79.2 Å². The van der Waals surface area contributed by atoms with Gasteiger partial charge in [-0.15, -0.1) is 0 Å². The summed E-state index contributed by atoms with van der Waals surface area (Å²) in [6, 6.07) is 0. The first-order valence-electron chi connectivity index (χ1n) is 15.5. The summed E-state index contributed by atoms with van der Waals surface area (Å²) in [5.74, 6) is 1.77. The summed E-state index contributed by atoms with van der Waals surface area (Å²) >= 11 is 0. The lowest BCUT2D eigenvalue weighted by Crippen LogP contribution is -2.59. The smallest absolute Gasteiger partial charge is 0.108 e. The van der Waals surface area contributed by atoms with Crippen LogP contribution in [-0.2, 0) is 9.47 Å². The van der Waals surface area contributed by atoms with Crippen molar-refractivity contribution in [3.8, 4) is 0 Å². The van der Waals surface area contributed by atoms with Crippen LogP contribution < -0.4 is 0 Å². The molecule has 5 nitrogen and oxygen atoms in total. The fraction of sp³-hybridized carbons (Fsp3) is 1.00. The molecule has 5 saturated carbocycles. The first-order chi connectivity index (χ1) is 17.1. The molecule has 37 heavy (non-hydrogen) atoms. The predicted octanol–water partition coefficient (Wildman–Crippen LogP) is 5.34. The standard InChI is InChI=1S/C32H54O5/c1-9-36-28(5,6)25(34)19-16-18(2)23-24(37-19)26(35)30(8)21-11-10-20-27(3,4)22(33)12-13-31(20)17-32(21,31)15-14-29(23,30)7/h18-26,33-35H,9-17H2,1-8H3/t18-,19?,20+,21+,22?,23?,24?,25-,26+,29-,30-,31?,32+/m1/s1. The van der Waals surface area contributed by atoms with E-state index in [4.69, 9.17) is 9.47 Å². The summed E-state index contributed by atoms with van der Waals surface area (Å²) in [6.07, 6.45) is 6.93. The van der Waals surface area contributed by atoms with Gasteiger partial charge in [0.2, 0.25) is 0 Å². The molecule has 0 aromatic heterocycles. The van der Waals surface area contributed by atoms with Gasteiger partial charge in [0.1, 0.15) is 6.10 Å². The van der Waals surface area contributed by atoms with Gasteiger partial charge in [-0.3, -0.25) is 0 Å². The lowest BCUT2D eigenvalue weighted by atomic mass is 9.41. The quantitative estimate of drug-likeness (QED) is 0.468. The second kappa shape index (κ2) is 7.96. The van der Waals surface area contributed by atoms with Crippen LogP contribution in [0, 0.1) is 50.7 Å². The van der Waals surface area contributed by atoms with E-state index in [1.54, 1.807) is 0 Å². The molecular weight excluding hydrogens is 464 g/mol. The number of aliphatic hydroxyl groups is 3. The van der Waals surface area contributed by atoms with Gasteiger partial charge in [-0.2, -0.15) is 0 Å². The highest BCUT2D eigenvalue weighted by molar-refractivity contribution is 5.32. The van der Waals surface area contributed by atoms with E-state index in [-0.39, 0.29) is 34.6 Å². The highest BCUT2D eigenvalue weighted by Gasteiger charge is 2.84. The average Bonchev–Trinajstić information content (AvgIpc) is 3.46. The Morgan fingerprint density at radius 1 is 0.973 bits per heavy atom. The maximum atomic E-state index is 12.3. The number of hydrogen-bond donors (Lipinski definition) is 3. The van der Waals surface area contributed by atoms with Gasteiger partial charge in [0.05, 0.1) is 30.0 Å². The Kier molecular flexibility index (Phi) is 5.81. The Morgan fingerprint density at radius 2 is 1.62 bits per heavy atom. The van der Waals surface area contributed by atoms with E-state index in [0.717, 1.165) is 32.1 Å². The summed E-state index contributed by atoms with van der Waals surface area (Å²) in [5, 5.41) is 34.6. The van der Waals surface area contributed by atoms with E-state index >= 15 is 0 Å². The van der Waals surface area contributed by atoms with Crippen LogP contribution in [0.5, 0.6) is 0 Å². The largest absolute Gasteiger partial charge is 0.393 e. The van der Waals surface area contributed by atoms with Gasteiger partial charge >= 0.3 is 0 Å². The van der Waals surface area contributed by atoms with Gasteiger partial charge in [0, 0.05) is 12.0 Å². The minimum atomic E-state index is -0.726. The van der Waals surface area contributed by atoms with Crippen LogP contribution in [0.25, 0.3) is 0 Å². The fourth-order valence-electron chi connectivity index (χ4n) is 12.4. The molecule has 0 aromatic carbocycles. The molecule has 1 heterocycles. The van der Waals surface area contributed by atoms with Crippen molar-refractivity contribution in [2.45, 2.75) is 143 Å².